The lowest BCUT2D eigenvalue weighted by Crippen LogP contribution is -2.32. The summed E-state index contributed by atoms with van der Waals surface area (Å²) in [5, 5.41) is 1.74. The fraction of sp³-hybridized carbons (Fsp3) is 0.400. The van der Waals surface area contributed by atoms with Crippen LogP contribution in [0.5, 0.6) is 0 Å². The van der Waals surface area contributed by atoms with Gasteiger partial charge in [-0.25, -0.2) is 17.8 Å². The predicted octanol–water partition coefficient (Wildman–Crippen LogP) is -0.0227. The number of sulfonamides is 1. The lowest BCUT2D eigenvalue weighted by Gasteiger charge is -2.16. The van der Waals surface area contributed by atoms with E-state index in [2.05, 4.69) is 10.3 Å². The Morgan fingerprint density at radius 3 is 2.78 bits per heavy atom. The van der Waals surface area contributed by atoms with Crippen LogP contribution >= 0.6 is 0 Å². The Morgan fingerprint density at radius 2 is 2.22 bits per heavy atom. The molecule has 0 atom stereocenters. The van der Waals surface area contributed by atoms with E-state index in [0.29, 0.717) is 0 Å². The third-order valence-corrected chi connectivity index (χ3v) is 4.10. The van der Waals surface area contributed by atoms with E-state index in [1.807, 2.05) is 0 Å². The van der Waals surface area contributed by atoms with Crippen molar-refractivity contribution in [3.63, 3.8) is 0 Å². The molecule has 1 aromatic rings. The first-order chi connectivity index (χ1) is 8.39. The van der Waals surface area contributed by atoms with Crippen molar-refractivity contribution < 1.29 is 17.6 Å². The Kier molecular flexibility index (Phi) is 4.74. The highest BCUT2D eigenvalue weighted by Gasteiger charge is 2.25. The Hall–Kier alpha value is -1.54. The highest BCUT2D eigenvalue weighted by Crippen LogP contribution is 2.14. The number of nitrogens with zero attached hydrogens (tertiary/aromatic N) is 2. The Labute approximate surface area is 105 Å². The van der Waals surface area contributed by atoms with E-state index in [1.165, 1.54) is 26.4 Å². The van der Waals surface area contributed by atoms with Gasteiger partial charge in [0.15, 0.2) is 5.82 Å². The lowest BCUT2D eigenvalue weighted by atomic mass is 10.4. The van der Waals surface area contributed by atoms with Gasteiger partial charge in [-0.2, -0.15) is 4.31 Å². The van der Waals surface area contributed by atoms with Crippen molar-refractivity contribution >= 4 is 15.9 Å². The van der Waals surface area contributed by atoms with Gasteiger partial charge < -0.3 is 5.32 Å². The second-order valence-electron chi connectivity index (χ2n) is 3.54. The number of hydrogen-bond donors (Lipinski definition) is 1. The van der Waals surface area contributed by atoms with Crippen LogP contribution in [0.25, 0.3) is 0 Å². The monoisotopic (exact) mass is 275 g/mol. The van der Waals surface area contributed by atoms with Crippen LogP contribution in [0.3, 0.4) is 0 Å². The number of hydrogen-bond acceptors (Lipinski definition) is 4. The molecule has 0 aromatic carbocycles. The van der Waals surface area contributed by atoms with Gasteiger partial charge >= 0.3 is 0 Å². The average molecular weight is 275 g/mol. The summed E-state index contributed by atoms with van der Waals surface area (Å²) in [7, 11) is -1.28. The molecule has 100 valence electrons. The quantitative estimate of drug-likeness (QED) is 0.819. The van der Waals surface area contributed by atoms with Crippen molar-refractivity contribution in [2.75, 3.05) is 20.6 Å². The standard InChI is InChI=1S/C10H14FN3O3S/c1-12-9(15)5-7-14(2)18(16,17)10-8(11)4-3-6-13-10/h3-4,6H,5,7H2,1-2H3,(H,12,15). The number of halogens is 1. The maximum Gasteiger partial charge on any atom is 0.263 e. The second kappa shape index (κ2) is 5.87. The van der Waals surface area contributed by atoms with Gasteiger partial charge in [-0.05, 0) is 12.1 Å². The molecule has 0 aliphatic rings. The number of aromatic nitrogens is 1. The second-order valence-corrected chi connectivity index (χ2v) is 5.50. The number of amides is 1. The van der Waals surface area contributed by atoms with Gasteiger partial charge in [-0.3, -0.25) is 4.79 Å². The number of carbonyl (C=O) groups excluding carboxylic acids is 1. The molecule has 18 heavy (non-hydrogen) atoms. The van der Waals surface area contributed by atoms with E-state index < -0.39 is 20.9 Å². The molecule has 1 heterocycles. The molecule has 6 nitrogen and oxygen atoms in total. The molecule has 8 heteroatoms. The summed E-state index contributed by atoms with van der Waals surface area (Å²) >= 11 is 0. The van der Waals surface area contributed by atoms with E-state index in [1.54, 1.807) is 0 Å². The van der Waals surface area contributed by atoms with E-state index in [4.69, 9.17) is 0 Å². The molecule has 0 saturated heterocycles. The third kappa shape index (κ3) is 3.23. The molecule has 0 radical (unpaired) electrons. The van der Waals surface area contributed by atoms with Gasteiger partial charge in [0.25, 0.3) is 10.0 Å². The molecule has 0 unspecified atom stereocenters. The maximum atomic E-state index is 13.4. The summed E-state index contributed by atoms with van der Waals surface area (Å²) in [6.07, 6.45) is 1.20. The molecular formula is C10H14FN3O3S. The molecule has 0 aliphatic carbocycles. The van der Waals surface area contributed by atoms with Crippen LogP contribution in [0.4, 0.5) is 4.39 Å². The molecule has 1 rings (SSSR count). The fourth-order valence-corrected chi connectivity index (χ4v) is 2.35. The predicted molar refractivity (Wildman–Crippen MR) is 62.7 cm³/mol. The summed E-state index contributed by atoms with van der Waals surface area (Å²) in [4.78, 5) is 14.5. The molecular weight excluding hydrogens is 261 g/mol. The van der Waals surface area contributed by atoms with Crippen molar-refractivity contribution in [1.82, 2.24) is 14.6 Å². The van der Waals surface area contributed by atoms with Gasteiger partial charge in [0, 0.05) is 33.3 Å². The first-order valence-electron chi connectivity index (χ1n) is 5.17. The molecule has 1 N–H and O–H groups in total. The highest BCUT2D eigenvalue weighted by atomic mass is 32.2. The van der Waals surface area contributed by atoms with Gasteiger partial charge in [0.2, 0.25) is 10.9 Å². The largest absolute Gasteiger partial charge is 0.359 e. The molecule has 0 aliphatic heterocycles. The van der Waals surface area contributed by atoms with Crippen LogP contribution in [0.15, 0.2) is 23.4 Å². The minimum absolute atomic E-state index is 0.000677. The normalized spacial score (nSPS) is 11.6. The van der Waals surface area contributed by atoms with Crippen LogP contribution in [0.1, 0.15) is 6.42 Å². The van der Waals surface area contributed by atoms with Crippen LogP contribution < -0.4 is 5.32 Å². The van der Waals surface area contributed by atoms with E-state index in [9.17, 15) is 17.6 Å². The Morgan fingerprint density at radius 1 is 1.56 bits per heavy atom. The summed E-state index contributed by atoms with van der Waals surface area (Å²) in [6.45, 7) is -0.0436. The van der Waals surface area contributed by atoms with Crippen molar-refractivity contribution in [3.8, 4) is 0 Å². The zero-order chi connectivity index (χ0) is 13.8. The van der Waals surface area contributed by atoms with Crippen molar-refractivity contribution in [2.45, 2.75) is 11.4 Å². The minimum Gasteiger partial charge on any atom is -0.359 e. The van der Waals surface area contributed by atoms with E-state index in [-0.39, 0.29) is 18.9 Å². The zero-order valence-corrected chi connectivity index (χ0v) is 10.9. The van der Waals surface area contributed by atoms with Crippen molar-refractivity contribution in [3.05, 3.63) is 24.1 Å². The molecule has 0 bridgehead atoms. The summed E-state index contributed by atoms with van der Waals surface area (Å²) in [5.74, 6) is -1.21. The van der Waals surface area contributed by atoms with Crippen LogP contribution in [-0.4, -0.2) is 44.3 Å². The first kappa shape index (κ1) is 14.5. The first-order valence-corrected chi connectivity index (χ1v) is 6.61. The molecule has 0 fully saturated rings. The summed E-state index contributed by atoms with van der Waals surface area (Å²) < 4.78 is 38.2. The minimum atomic E-state index is -4.01. The van der Waals surface area contributed by atoms with Crippen LogP contribution in [0, 0.1) is 5.82 Å². The molecule has 0 saturated carbocycles. The lowest BCUT2D eigenvalue weighted by molar-refractivity contribution is -0.120. The van der Waals surface area contributed by atoms with Crippen LogP contribution in [-0.2, 0) is 14.8 Å². The number of nitrogens with one attached hydrogen (secondary N) is 1. The number of rotatable bonds is 5. The van der Waals surface area contributed by atoms with Gasteiger partial charge in [0.1, 0.15) is 0 Å². The van der Waals surface area contributed by atoms with Crippen molar-refractivity contribution in [2.24, 2.45) is 0 Å². The summed E-state index contributed by atoms with van der Waals surface area (Å²) in [6, 6.07) is 2.32. The van der Waals surface area contributed by atoms with Gasteiger partial charge in [-0.15, -0.1) is 0 Å². The SMILES string of the molecule is CNC(=O)CCN(C)S(=O)(=O)c1ncccc1F. The Balaban J connectivity index is 2.87. The van der Waals surface area contributed by atoms with E-state index in [0.717, 1.165) is 10.4 Å². The Bertz CT molecular complexity index is 533. The average Bonchev–Trinajstić information content (AvgIpc) is 2.35. The maximum absolute atomic E-state index is 13.4. The van der Waals surface area contributed by atoms with Gasteiger partial charge in [0.05, 0.1) is 0 Å². The van der Waals surface area contributed by atoms with Crippen molar-refractivity contribution in [1.29, 1.82) is 0 Å². The molecule has 1 amide bonds. The molecule has 1 aromatic heterocycles. The molecule has 0 spiro atoms. The fourth-order valence-electron chi connectivity index (χ4n) is 1.21. The van der Waals surface area contributed by atoms with Crippen LogP contribution in [0.2, 0.25) is 0 Å². The smallest absolute Gasteiger partial charge is 0.263 e. The van der Waals surface area contributed by atoms with Gasteiger partial charge in [-0.1, -0.05) is 0 Å². The number of pyridine rings is 1. The topological polar surface area (TPSA) is 79.4 Å². The highest BCUT2D eigenvalue weighted by molar-refractivity contribution is 7.89. The number of carbonyl (C=O) groups is 1. The summed E-state index contributed by atoms with van der Waals surface area (Å²) in [5.41, 5.74) is 0. The third-order valence-electron chi connectivity index (χ3n) is 2.31. The van der Waals surface area contributed by atoms with E-state index >= 15 is 0 Å². The zero-order valence-electron chi connectivity index (χ0n) is 10.1.